The largest absolute Gasteiger partial charge is 0.0654 e. The van der Waals surface area contributed by atoms with Crippen LogP contribution in [0.3, 0.4) is 0 Å². The van der Waals surface area contributed by atoms with Crippen molar-refractivity contribution < 1.29 is 0 Å². The SMILES string of the molecule is CCCC1CC2C(CC(C)C)CC12C. The van der Waals surface area contributed by atoms with E-state index in [4.69, 9.17) is 0 Å². The average Bonchev–Trinajstić information content (AvgIpc) is 2.10. The molecular weight excluding hydrogens is 168 g/mol. The van der Waals surface area contributed by atoms with E-state index in [0.29, 0.717) is 0 Å². The molecule has 0 heterocycles. The number of fused-ring (bicyclic) bond motifs is 1. The molecule has 0 heteroatoms. The third-order valence-corrected chi connectivity index (χ3v) is 5.00. The van der Waals surface area contributed by atoms with Crippen LogP contribution in [0.2, 0.25) is 0 Å². The summed E-state index contributed by atoms with van der Waals surface area (Å²) >= 11 is 0. The normalized spacial score (nSPS) is 45.6. The molecule has 0 spiro atoms. The Hall–Kier alpha value is 0. The first-order chi connectivity index (χ1) is 6.58. The van der Waals surface area contributed by atoms with Crippen molar-refractivity contribution in [2.45, 2.75) is 59.8 Å². The zero-order valence-corrected chi connectivity index (χ0v) is 10.3. The zero-order chi connectivity index (χ0) is 10.3. The summed E-state index contributed by atoms with van der Waals surface area (Å²) in [5.74, 6) is 4.20. The number of hydrogen-bond donors (Lipinski definition) is 0. The molecule has 2 aliphatic rings. The standard InChI is InChI=1S/C14H26/c1-5-6-12-8-13-11(7-10(2)3)9-14(12,13)4/h10-13H,5-9H2,1-4H3. The Morgan fingerprint density at radius 3 is 2.50 bits per heavy atom. The molecule has 82 valence electrons. The van der Waals surface area contributed by atoms with E-state index in [0.717, 1.165) is 29.1 Å². The summed E-state index contributed by atoms with van der Waals surface area (Å²) in [4.78, 5) is 0. The minimum Gasteiger partial charge on any atom is -0.0654 e. The Kier molecular flexibility index (Phi) is 2.66. The van der Waals surface area contributed by atoms with Crippen molar-refractivity contribution in [3.8, 4) is 0 Å². The maximum Gasteiger partial charge on any atom is -0.0264 e. The Bertz CT molecular complexity index is 206. The van der Waals surface area contributed by atoms with E-state index >= 15 is 0 Å². The smallest absolute Gasteiger partial charge is 0.0264 e. The quantitative estimate of drug-likeness (QED) is 0.618. The monoisotopic (exact) mass is 194 g/mol. The van der Waals surface area contributed by atoms with Crippen molar-refractivity contribution in [1.82, 2.24) is 0 Å². The molecule has 0 aliphatic heterocycles. The molecule has 0 bridgehead atoms. The van der Waals surface area contributed by atoms with Gasteiger partial charge in [0.2, 0.25) is 0 Å². The molecule has 2 fully saturated rings. The van der Waals surface area contributed by atoms with Gasteiger partial charge in [0.15, 0.2) is 0 Å². The van der Waals surface area contributed by atoms with Crippen molar-refractivity contribution in [2.24, 2.45) is 29.1 Å². The highest BCUT2D eigenvalue weighted by Gasteiger charge is 2.61. The first-order valence-electron chi connectivity index (χ1n) is 6.58. The molecule has 4 unspecified atom stereocenters. The van der Waals surface area contributed by atoms with E-state index in [1.165, 1.54) is 19.3 Å². The lowest BCUT2D eigenvalue weighted by molar-refractivity contribution is -0.184. The Balaban J connectivity index is 1.82. The van der Waals surface area contributed by atoms with E-state index in [2.05, 4.69) is 27.7 Å². The van der Waals surface area contributed by atoms with Crippen LogP contribution in [0.25, 0.3) is 0 Å². The first-order valence-corrected chi connectivity index (χ1v) is 6.58. The highest BCUT2D eigenvalue weighted by molar-refractivity contribution is 5.10. The summed E-state index contributed by atoms with van der Waals surface area (Å²) in [6.07, 6.45) is 7.46. The maximum atomic E-state index is 2.55. The fourth-order valence-electron chi connectivity index (χ4n) is 4.23. The Morgan fingerprint density at radius 2 is 2.07 bits per heavy atom. The lowest BCUT2D eigenvalue weighted by atomic mass is 9.37. The molecule has 0 aromatic rings. The molecule has 0 aromatic heterocycles. The van der Waals surface area contributed by atoms with Crippen LogP contribution in [0.4, 0.5) is 0 Å². The fraction of sp³-hybridized carbons (Fsp3) is 1.00. The predicted molar refractivity (Wildman–Crippen MR) is 62.2 cm³/mol. The van der Waals surface area contributed by atoms with Gasteiger partial charge in [-0.05, 0) is 48.3 Å². The number of rotatable bonds is 4. The van der Waals surface area contributed by atoms with E-state index in [-0.39, 0.29) is 0 Å². The van der Waals surface area contributed by atoms with Crippen LogP contribution in [0.15, 0.2) is 0 Å². The van der Waals surface area contributed by atoms with Gasteiger partial charge in [-0.15, -0.1) is 0 Å². The Labute approximate surface area is 89.5 Å². The molecule has 4 atom stereocenters. The minimum absolute atomic E-state index is 0.787. The van der Waals surface area contributed by atoms with E-state index in [1.54, 1.807) is 12.8 Å². The minimum atomic E-state index is 0.787. The molecular formula is C14H26. The lowest BCUT2D eigenvalue weighted by Gasteiger charge is -2.67. The van der Waals surface area contributed by atoms with Crippen LogP contribution < -0.4 is 0 Å². The van der Waals surface area contributed by atoms with Crippen molar-refractivity contribution in [3.63, 3.8) is 0 Å². The summed E-state index contributed by atoms with van der Waals surface area (Å²) in [5, 5.41) is 0. The molecule has 0 nitrogen and oxygen atoms in total. The highest BCUT2D eigenvalue weighted by Crippen LogP contribution is 2.69. The van der Waals surface area contributed by atoms with Crippen molar-refractivity contribution in [1.29, 1.82) is 0 Å². The van der Waals surface area contributed by atoms with Gasteiger partial charge in [-0.3, -0.25) is 0 Å². The second-order valence-electron chi connectivity index (χ2n) is 6.43. The van der Waals surface area contributed by atoms with Gasteiger partial charge in [-0.2, -0.15) is 0 Å². The molecule has 0 radical (unpaired) electrons. The number of hydrogen-bond acceptors (Lipinski definition) is 0. The molecule has 0 N–H and O–H groups in total. The molecule has 2 saturated carbocycles. The summed E-state index contributed by atoms with van der Waals surface area (Å²) in [5.41, 5.74) is 0.787. The molecule has 0 amide bonds. The lowest BCUT2D eigenvalue weighted by Crippen LogP contribution is -2.60. The topological polar surface area (TPSA) is 0 Å². The third-order valence-electron chi connectivity index (χ3n) is 5.00. The van der Waals surface area contributed by atoms with E-state index in [9.17, 15) is 0 Å². The van der Waals surface area contributed by atoms with Crippen molar-refractivity contribution in [3.05, 3.63) is 0 Å². The van der Waals surface area contributed by atoms with Crippen LogP contribution in [0.5, 0.6) is 0 Å². The molecule has 14 heavy (non-hydrogen) atoms. The Morgan fingerprint density at radius 1 is 1.36 bits per heavy atom. The zero-order valence-electron chi connectivity index (χ0n) is 10.3. The van der Waals surface area contributed by atoms with Gasteiger partial charge in [0, 0.05) is 0 Å². The second kappa shape index (κ2) is 3.54. The summed E-state index contributed by atoms with van der Waals surface area (Å²) in [7, 11) is 0. The van der Waals surface area contributed by atoms with Crippen LogP contribution in [-0.2, 0) is 0 Å². The molecule has 2 rings (SSSR count). The van der Waals surface area contributed by atoms with Gasteiger partial charge in [0.25, 0.3) is 0 Å². The van der Waals surface area contributed by atoms with Crippen molar-refractivity contribution in [2.75, 3.05) is 0 Å². The first kappa shape index (κ1) is 10.5. The summed E-state index contributed by atoms with van der Waals surface area (Å²) in [6, 6.07) is 0. The van der Waals surface area contributed by atoms with Crippen LogP contribution in [0.1, 0.15) is 59.8 Å². The van der Waals surface area contributed by atoms with Gasteiger partial charge >= 0.3 is 0 Å². The van der Waals surface area contributed by atoms with E-state index in [1.807, 2.05) is 0 Å². The summed E-state index contributed by atoms with van der Waals surface area (Å²) in [6.45, 7) is 9.63. The van der Waals surface area contributed by atoms with Crippen molar-refractivity contribution >= 4 is 0 Å². The molecule has 0 saturated heterocycles. The summed E-state index contributed by atoms with van der Waals surface area (Å²) < 4.78 is 0. The van der Waals surface area contributed by atoms with Gasteiger partial charge in [0.1, 0.15) is 0 Å². The highest BCUT2D eigenvalue weighted by atomic mass is 14.7. The molecule has 0 aromatic carbocycles. The maximum absolute atomic E-state index is 2.55. The van der Waals surface area contributed by atoms with Crippen LogP contribution >= 0.6 is 0 Å². The second-order valence-corrected chi connectivity index (χ2v) is 6.43. The van der Waals surface area contributed by atoms with Gasteiger partial charge in [-0.25, -0.2) is 0 Å². The van der Waals surface area contributed by atoms with Crippen LogP contribution in [-0.4, -0.2) is 0 Å². The third kappa shape index (κ3) is 1.42. The van der Waals surface area contributed by atoms with Gasteiger partial charge in [-0.1, -0.05) is 40.5 Å². The fourth-order valence-corrected chi connectivity index (χ4v) is 4.23. The van der Waals surface area contributed by atoms with Gasteiger partial charge < -0.3 is 0 Å². The van der Waals surface area contributed by atoms with Crippen LogP contribution in [0, 0.1) is 29.1 Å². The molecule has 2 aliphatic carbocycles. The predicted octanol–water partition coefficient (Wildman–Crippen LogP) is 4.49. The average molecular weight is 194 g/mol. The van der Waals surface area contributed by atoms with E-state index < -0.39 is 0 Å². The van der Waals surface area contributed by atoms with Gasteiger partial charge in [0.05, 0.1) is 0 Å².